The minimum Gasteiger partial charge on any atom is -0.381 e. The number of nitrogens with two attached hydrogens (primary N) is 1. The van der Waals surface area contributed by atoms with E-state index in [9.17, 15) is 10.1 Å². The molecule has 2 amide bonds. The van der Waals surface area contributed by atoms with Gasteiger partial charge in [0.25, 0.3) is 0 Å². The summed E-state index contributed by atoms with van der Waals surface area (Å²) in [5.74, 6) is 1.96. The number of anilines is 3. The van der Waals surface area contributed by atoms with Crippen LogP contribution >= 0.6 is 0 Å². The number of nitrogens with zero attached hydrogens (tertiary/aromatic N) is 7. The molecule has 3 fully saturated rings. The van der Waals surface area contributed by atoms with Crippen molar-refractivity contribution in [2.75, 3.05) is 41.8 Å². The van der Waals surface area contributed by atoms with Crippen LogP contribution in [0.15, 0.2) is 55.1 Å². The van der Waals surface area contributed by atoms with Crippen molar-refractivity contribution in [3.05, 3.63) is 77.4 Å². The molecule has 1 aliphatic carbocycles. The molecule has 0 bridgehead atoms. The van der Waals surface area contributed by atoms with E-state index in [4.69, 9.17) is 20.4 Å². The number of piperidine rings is 1. The summed E-state index contributed by atoms with van der Waals surface area (Å²) >= 11 is 0. The molecule has 4 aromatic rings. The lowest BCUT2D eigenvalue weighted by molar-refractivity contribution is 0.00205. The Kier molecular flexibility index (Phi) is 9.44. The molecule has 3 aliphatic rings. The van der Waals surface area contributed by atoms with Gasteiger partial charge in [-0.2, -0.15) is 15.3 Å². The van der Waals surface area contributed by atoms with E-state index in [1.165, 1.54) is 5.56 Å². The zero-order valence-corrected chi connectivity index (χ0v) is 28.1. The van der Waals surface area contributed by atoms with Crippen LogP contribution in [0, 0.1) is 16.7 Å². The highest BCUT2D eigenvalue weighted by molar-refractivity contribution is 5.88. The van der Waals surface area contributed by atoms with Crippen LogP contribution in [0.5, 0.6) is 0 Å². The molecule has 12 heteroatoms. The Hall–Kier alpha value is -5.02. The smallest absolute Gasteiger partial charge is 0.317 e. The van der Waals surface area contributed by atoms with Crippen molar-refractivity contribution in [1.82, 2.24) is 24.7 Å². The molecule has 0 atom stereocenters. The van der Waals surface area contributed by atoms with Gasteiger partial charge >= 0.3 is 6.03 Å². The third-order valence-electron chi connectivity index (χ3n) is 10.7. The van der Waals surface area contributed by atoms with Crippen LogP contribution in [-0.2, 0) is 18.2 Å². The number of rotatable bonds is 8. The zero-order chi connectivity index (χ0) is 33.8. The van der Waals surface area contributed by atoms with Gasteiger partial charge in [-0.3, -0.25) is 10.00 Å². The monoisotopic (exact) mass is 660 g/mol. The summed E-state index contributed by atoms with van der Waals surface area (Å²) in [5.41, 5.74) is 11.8. The largest absolute Gasteiger partial charge is 0.381 e. The number of primary amides is 1. The van der Waals surface area contributed by atoms with Gasteiger partial charge in [0.05, 0.1) is 12.4 Å². The summed E-state index contributed by atoms with van der Waals surface area (Å²) in [6.45, 7) is 3.46. The SMILES string of the molecule is Cn1cc(-c2cnc(NC(N)=O)c(C3CCC(Nc4ncc(C#N)c(N5CCC6(CCOCC6)CC5)n4)CC3)c2Cc2ccccc2)cn1. The maximum atomic E-state index is 12.2. The van der Waals surface area contributed by atoms with E-state index >= 15 is 0 Å². The first-order chi connectivity index (χ1) is 23.9. The molecule has 3 aromatic heterocycles. The number of carbonyl (C=O) groups excluding carboxylic acids is 1. The molecule has 5 heterocycles. The molecular formula is C37H44N10O2. The summed E-state index contributed by atoms with van der Waals surface area (Å²) in [6.07, 6.45) is 16.0. The van der Waals surface area contributed by atoms with Crippen LogP contribution in [0.2, 0.25) is 0 Å². The molecule has 0 unspecified atom stereocenters. The Morgan fingerprint density at radius 2 is 1.80 bits per heavy atom. The topological polar surface area (TPSA) is 160 Å². The summed E-state index contributed by atoms with van der Waals surface area (Å²) in [7, 11) is 1.90. The van der Waals surface area contributed by atoms with Crippen LogP contribution in [0.1, 0.15) is 79.5 Å². The van der Waals surface area contributed by atoms with Gasteiger partial charge < -0.3 is 20.7 Å². The van der Waals surface area contributed by atoms with Crippen LogP contribution in [-0.4, -0.2) is 63.1 Å². The average Bonchev–Trinajstić information content (AvgIpc) is 3.55. The van der Waals surface area contributed by atoms with Gasteiger partial charge in [0, 0.05) is 68.5 Å². The number of nitrogens with one attached hydrogen (secondary N) is 2. The van der Waals surface area contributed by atoms with E-state index < -0.39 is 6.03 Å². The molecule has 7 rings (SSSR count). The van der Waals surface area contributed by atoms with E-state index in [2.05, 4.69) is 43.8 Å². The van der Waals surface area contributed by atoms with Crippen LogP contribution in [0.3, 0.4) is 0 Å². The second-order valence-corrected chi connectivity index (χ2v) is 13.8. The van der Waals surface area contributed by atoms with Gasteiger partial charge in [-0.25, -0.2) is 14.8 Å². The van der Waals surface area contributed by atoms with E-state index in [0.717, 1.165) is 106 Å². The van der Waals surface area contributed by atoms with Gasteiger partial charge in [0.15, 0.2) is 5.82 Å². The summed E-state index contributed by atoms with van der Waals surface area (Å²) in [6, 6.07) is 12.2. The highest BCUT2D eigenvalue weighted by Crippen LogP contribution is 2.43. The Morgan fingerprint density at radius 3 is 2.47 bits per heavy atom. The van der Waals surface area contributed by atoms with Crippen molar-refractivity contribution in [3.8, 4) is 17.2 Å². The number of nitriles is 1. The second kappa shape index (κ2) is 14.2. The number of hydrogen-bond acceptors (Lipinski definition) is 9. The molecular weight excluding hydrogens is 616 g/mol. The quantitative estimate of drug-likeness (QED) is 0.214. The van der Waals surface area contributed by atoms with Gasteiger partial charge in [-0.05, 0) is 80.2 Å². The Bertz CT molecular complexity index is 1810. The fourth-order valence-corrected chi connectivity index (χ4v) is 7.99. The molecule has 254 valence electrons. The predicted octanol–water partition coefficient (Wildman–Crippen LogP) is 5.76. The molecule has 2 aliphatic heterocycles. The first kappa shape index (κ1) is 32.5. The number of amides is 2. The maximum Gasteiger partial charge on any atom is 0.317 e. The number of pyridine rings is 1. The molecule has 0 radical (unpaired) electrons. The number of hydrogen-bond donors (Lipinski definition) is 3. The van der Waals surface area contributed by atoms with Crippen molar-refractivity contribution in [2.24, 2.45) is 18.2 Å². The minimum atomic E-state index is -0.630. The third kappa shape index (κ3) is 7.22. The maximum absolute atomic E-state index is 12.2. The Balaban J connectivity index is 1.10. The summed E-state index contributed by atoms with van der Waals surface area (Å²) in [4.78, 5) is 28.6. The van der Waals surface area contributed by atoms with E-state index in [1.807, 2.05) is 43.8 Å². The fourth-order valence-electron chi connectivity index (χ4n) is 7.99. The second-order valence-electron chi connectivity index (χ2n) is 13.8. The molecule has 1 spiro atoms. The summed E-state index contributed by atoms with van der Waals surface area (Å²) < 4.78 is 7.42. The number of ether oxygens (including phenoxy) is 1. The molecule has 1 aromatic carbocycles. The third-order valence-corrected chi connectivity index (χ3v) is 10.7. The van der Waals surface area contributed by atoms with Crippen molar-refractivity contribution < 1.29 is 9.53 Å². The first-order valence-electron chi connectivity index (χ1n) is 17.4. The number of aryl methyl sites for hydroxylation is 1. The Labute approximate surface area is 287 Å². The number of carbonyl (C=O) groups is 1. The van der Waals surface area contributed by atoms with Crippen molar-refractivity contribution in [3.63, 3.8) is 0 Å². The number of benzene rings is 1. The zero-order valence-electron chi connectivity index (χ0n) is 28.1. The molecule has 12 nitrogen and oxygen atoms in total. The number of urea groups is 1. The predicted molar refractivity (Wildman–Crippen MR) is 188 cm³/mol. The molecule has 1 saturated carbocycles. The van der Waals surface area contributed by atoms with Crippen molar-refractivity contribution in [2.45, 2.75) is 69.7 Å². The molecule has 2 saturated heterocycles. The summed E-state index contributed by atoms with van der Waals surface area (Å²) in [5, 5.41) is 20.7. The molecule has 49 heavy (non-hydrogen) atoms. The fraction of sp³-hybridized carbons (Fsp3) is 0.459. The lowest BCUT2D eigenvalue weighted by atomic mass is 9.72. The molecule has 4 N–H and O–H groups in total. The van der Waals surface area contributed by atoms with E-state index in [0.29, 0.717) is 29.2 Å². The number of aromatic nitrogens is 5. The van der Waals surface area contributed by atoms with E-state index in [-0.39, 0.29) is 12.0 Å². The highest BCUT2D eigenvalue weighted by Gasteiger charge is 2.37. The average molecular weight is 661 g/mol. The van der Waals surface area contributed by atoms with Gasteiger partial charge in [-0.15, -0.1) is 0 Å². The van der Waals surface area contributed by atoms with Crippen molar-refractivity contribution in [1.29, 1.82) is 5.26 Å². The normalized spacial score (nSPS) is 20.4. The standard InChI is InChI=1S/C37H44N10O2/c1-46-24-28(22-42-46)31-23-40-33(44-35(39)48)32(30(31)19-25-5-3-2-4-6-25)26-7-9-29(10-8-26)43-36-41-21-27(20-38)34(45-36)47-15-11-37(12-16-47)13-17-49-18-14-37/h2-6,21-24,26,29H,7-19H2,1H3,(H,41,43,45)(H3,39,40,44,48). The van der Waals surface area contributed by atoms with Crippen LogP contribution < -0.4 is 21.3 Å². The van der Waals surface area contributed by atoms with E-state index in [1.54, 1.807) is 10.9 Å². The Morgan fingerprint density at radius 1 is 1.04 bits per heavy atom. The first-order valence-corrected chi connectivity index (χ1v) is 17.4. The van der Waals surface area contributed by atoms with Gasteiger partial charge in [0.1, 0.15) is 17.5 Å². The lowest BCUT2D eigenvalue weighted by Crippen LogP contribution is -2.43. The highest BCUT2D eigenvalue weighted by atomic mass is 16.5. The van der Waals surface area contributed by atoms with Crippen LogP contribution in [0.25, 0.3) is 11.1 Å². The van der Waals surface area contributed by atoms with Gasteiger partial charge in [0.2, 0.25) is 5.95 Å². The lowest BCUT2D eigenvalue weighted by Gasteiger charge is -2.44. The van der Waals surface area contributed by atoms with Crippen LogP contribution in [0.4, 0.5) is 22.4 Å². The minimum absolute atomic E-state index is 0.158. The van der Waals surface area contributed by atoms with Crippen molar-refractivity contribution >= 4 is 23.6 Å². The van der Waals surface area contributed by atoms with Gasteiger partial charge in [-0.1, -0.05) is 30.3 Å².